The van der Waals surface area contributed by atoms with Gasteiger partial charge in [0, 0.05) is 30.9 Å². The first-order valence-corrected chi connectivity index (χ1v) is 12.6. The van der Waals surface area contributed by atoms with Crippen LogP contribution in [0.15, 0.2) is 48.7 Å². The second-order valence-electron chi connectivity index (χ2n) is 9.14. The Morgan fingerprint density at radius 3 is 2.68 bits per heavy atom. The van der Waals surface area contributed by atoms with Gasteiger partial charge in [-0.05, 0) is 49.2 Å². The van der Waals surface area contributed by atoms with Crippen molar-refractivity contribution in [1.29, 1.82) is 0 Å². The van der Waals surface area contributed by atoms with Crippen molar-refractivity contribution < 1.29 is 19.0 Å². The summed E-state index contributed by atoms with van der Waals surface area (Å²) in [6.07, 6.45) is 7.19. The SMILES string of the molecule is CNC(=O)Oc1ccc2c(c1)nc(-c1ccc3c(c1)OCCO3)n2-c1ccnc(NC2CCCCC2)n1. The molecule has 1 aliphatic heterocycles. The molecule has 0 spiro atoms. The van der Waals surface area contributed by atoms with Crippen LogP contribution in [0.2, 0.25) is 0 Å². The van der Waals surface area contributed by atoms with Gasteiger partial charge in [0.25, 0.3) is 0 Å². The van der Waals surface area contributed by atoms with Crippen molar-refractivity contribution in [3.63, 3.8) is 0 Å². The van der Waals surface area contributed by atoms with Gasteiger partial charge >= 0.3 is 6.09 Å². The Bertz CT molecular complexity index is 1450. The highest BCUT2D eigenvalue weighted by Crippen LogP contribution is 2.37. The number of aromatic nitrogens is 4. The summed E-state index contributed by atoms with van der Waals surface area (Å²) in [5, 5.41) is 5.97. The van der Waals surface area contributed by atoms with Crippen LogP contribution in [0.3, 0.4) is 0 Å². The summed E-state index contributed by atoms with van der Waals surface area (Å²) in [7, 11) is 1.52. The zero-order valence-electron chi connectivity index (χ0n) is 20.6. The number of carbonyl (C=O) groups excluding carboxylic acids is 1. The molecule has 2 aromatic heterocycles. The van der Waals surface area contributed by atoms with Crippen molar-refractivity contribution >= 4 is 23.1 Å². The largest absolute Gasteiger partial charge is 0.486 e. The van der Waals surface area contributed by atoms with Crippen LogP contribution in [0.25, 0.3) is 28.2 Å². The average Bonchev–Trinajstić information content (AvgIpc) is 3.32. The fraction of sp³-hybridized carbons (Fsp3) is 0.333. The second kappa shape index (κ2) is 9.96. The number of fused-ring (bicyclic) bond motifs is 2. The standard InChI is InChI=1S/C27H28N6O4/c1-28-27(34)37-19-8-9-21-20(16-19)31-25(17-7-10-22-23(15-17)36-14-13-35-22)33(21)24-11-12-29-26(32-24)30-18-5-3-2-4-6-18/h7-12,15-16,18H,2-6,13-14H2,1H3,(H,28,34)(H,29,30,32). The normalized spacial score (nSPS) is 15.4. The van der Waals surface area contributed by atoms with E-state index in [1.165, 1.54) is 26.3 Å². The van der Waals surface area contributed by atoms with E-state index in [2.05, 4.69) is 15.6 Å². The molecular weight excluding hydrogens is 472 g/mol. The van der Waals surface area contributed by atoms with Gasteiger partial charge in [-0.2, -0.15) is 4.98 Å². The number of benzene rings is 2. The highest BCUT2D eigenvalue weighted by atomic mass is 16.6. The van der Waals surface area contributed by atoms with E-state index in [1.54, 1.807) is 18.3 Å². The maximum absolute atomic E-state index is 11.8. The average molecular weight is 501 g/mol. The van der Waals surface area contributed by atoms with Gasteiger partial charge < -0.3 is 24.8 Å². The molecule has 6 rings (SSSR count). The molecule has 10 heteroatoms. The Kier molecular flexibility index (Phi) is 6.21. The molecule has 2 aliphatic rings. The predicted octanol–water partition coefficient (Wildman–Crippen LogP) is 4.72. The van der Waals surface area contributed by atoms with E-state index in [-0.39, 0.29) is 0 Å². The van der Waals surface area contributed by atoms with Crippen LogP contribution in [0.5, 0.6) is 17.2 Å². The van der Waals surface area contributed by atoms with E-state index < -0.39 is 6.09 Å². The third-order valence-electron chi connectivity index (χ3n) is 6.65. The molecular formula is C27H28N6O4. The number of amides is 1. The van der Waals surface area contributed by atoms with Gasteiger partial charge in [-0.3, -0.25) is 4.57 Å². The first-order chi connectivity index (χ1) is 18.2. The maximum Gasteiger partial charge on any atom is 0.412 e. The number of nitrogens with one attached hydrogen (secondary N) is 2. The predicted molar refractivity (Wildman–Crippen MR) is 139 cm³/mol. The Labute approximate surface area is 214 Å². The summed E-state index contributed by atoms with van der Waals surface area (Å²) in [6.45, 7) is 1.02. The van der Waals surface area contributed by atoms with Crippen molar-refractivity contribution in [2.24, 2.45) is 0 Å². The zero-order chi connectivity index (χ0) is 25.2. The Balaban J connectivity index is 1.45. The van der Waals surface area contributed by atoms with Gasteiger partial charge in [-0.25, -0.2) is 14.8 Å². The van der Waals surface area contributed by atoms with E-state index in [4.69, 9.17) is 24.2 Å². The molecule has 3 heterocycles. The highest BCUT2D eigenvalue weighted by Gasteiger charge is 2.21. The Morgan fingerprint density at radius 1 is 1.00 bits per heavy atom. The van der Waals surface area contributed by atoms with E-state index in [0.29, 0.717) is 59.6 Å². The van der Waals surface area contributed by atoms with Crippen LogP contribution in [-0.4, -0.2) is 51.9 Å². The third-order valence-corrected chi connectivity index (χ3v) is 6.65. The van der Waals surface area contributed by atoms with Crippen LogP contribution < -0.4 is 24.8 Å². The fourth-order valence-electron chi connectivity index (χ4n) is 4.86. The molecule has 2 aromatic carbocycles. The molecule has 190 valence electrons. The Hall–Kier alpha value is -4.34. The number of carbonyl (C=O) groups is 1. The summed E-state index contributed by atoms with van der Waals surface area (Å²) in [5.41, 5.74) is 2.32. The molecule has 2 N–H and O–H groups in total. The molecule has 0 bridgehead atoms. The van der Waals surface area contributed by atoms with Crippen LogP contribution in [-0.2, 0) is 0 Å². The van der Waals surface area contributed by atoms with Crippen LogP contribution >= 0.6 is 0 Å². The topological polar surface area (TPSA) is 112 Å². The van der Waals surface area contributed by atoms with Gasteiger partial charge in [0.1, 0.15) is 30.6 Å². The number of nitrogens with zero attached hydrogens (tertiary/aromatic N) is 4. The summed E-state index contributed by atoms with van der Waals surface area (Å²) in [6, 6.07) is 13.4. The lowest BCUT2D eigenvalue weighted by Gasteiger charge is -2.23. The van der Waals surface area contributed by atoms with E-state index >= 15 is 0 Å². The Morgan fingerprint density at radius 2 is 1.84 bits per heavy atom. The molecule has 1 saturated carbocycles. The van der Waals surface area contributed by atoms with Crippen molar-refractivity contribution in [3.8, 4) is 34.5 Å². The molecule has 0 unspecified atom stereocenters. The van der Waals surface area contributed by atoms with Crippen molar-refractivity contribution in [1.82, 2.24) is 24.8 Å². The first-order valence-electron chi connectivity index (χ1n) is 12.6. The summed E-state index contributed by atoms with van der Waals surface area (Å²) >= 11 is 0. The van der Waals surface area contributed by atoms with Gasteiger partial charge in [0.2, 0.25) is 5.95 Å². The lowest BCUT2D eigenvalue weighted by Crippen LogP contribution is -2.23. The zero-order valence-corrected chi connectivity index (χ0v) is 20.6. The monoisotopic (exact) mass is 500 g/mol. The number of hydrogen-bond donors (Lipinski definition) is 2. The lowest BCUT2D eigenvalue weighted by molar-refractivity contribution is 0.171. The molecule has 10 nitrogen and oxygen atoms in total. The van der Waals surface area contributed by atoms with E-state index in [0.717, 1.165) is 23.9 Å². The number of rotatable bonds is 5. The minimum atomic E-state index is -0.542. The van der Waals surface area contributed by atoms with Crippen LogP contribution in [0.1, 0.15) is 32.1 Å². The number of anilines is 1. The van der Waals surface area contributed by atoms with Gasteiger partial charge in [0.05, 0.1) is 11.0 Å². The molecule has 1 amide bonds. The van der Waals surface area contributed by atoms with Gasteiger partial charge in [0.15, 0.2) is 11.5 Å². The summed E-state index contributed by atoms with van der Waals surface area (Å²) < 4.78 is 18.8. The molecule has 4 aromatic rings. The third kappa shape index (κ3) is 4.74. The smallest absolute Gasteiger partial charge is 0.412 e. The molecule has 0 saturated heterocycles. The van der Waals surface area contributed by atoms with Crippen LogP contribution in [0.4, 0.5) is 10.7 Å². The maximum atomic E-state index is 11.8. The molecule has 1 aliphatic carbocycles. The van der Waals surface area contributed by atoms with E-state index in [1.807, 2.05) is 34.9 Å². The van der Waals surface area contributed by atoms with Crippen LogP contribution in [0, 0.1) is 0 Å². The number of hydrogen-bond acceptors (Lipinski definition) is 8. The van der Waals surface area contributed by atoms with Gasteiger partial charge in [-0.15, -0.1) is 0 Å². The lowest BCUT2D eigenvalue weighted by atomic mass is 9.96. The van der Waals surface area contributed by atoms with Crippen molar-refractivity contribution in [2.45, 2.75) is 38.1 Å². The number of ether oxygens (including phenoxy) is 3. The highest BCUT2D eigenvalue weighted by molar-refractivity contribution is 5.85. The minimum absolute atomic E-state index is 0.380. The number of imidazole rings is 1. The molecule has 0 radical (unpaired) electrons. The van der Waals surface area contributed by atoms with Crippen molar-refractivity contribution in [3.05, 3.63) is 48.7 Å². The fourth-order valence-corrected chi connectivity index (χ4v) is 4.86. The quantitative estimate of drug-likeness (QED) is 0.405. The minimum Gasteiger partial charge on any atom is -0.486 e. The molecule has 37 heavy (non-hydrogen) atoms. The van der Waals surface area contributed by atoms with E-state index in [9.17, 15) is 4.79 Å². The molecule has 1 fully saturated rings. The first kappa shape index (κ1) is 23.1. The molecule has 0 atom stereocenters. The summed E-state index contributed by atoms with van der Waals surface area (Å²) in [4.78, 5) is 26.0. The van der Waals surface area contributed by atoms with Gasteiger partial charge in [-0.1, -0.05) is 19.3 Å². The second-order valence-corrected chi connectivity index (χ2v) is 9.14. The van der Waals surface area contributed by atoms with Crippen molar-refractivity contribution in [2.75, 3.05) is 25.6 Å². The summed E-state index contributed by atoms with van der Waals surface area (Å²) in [5.74, 6) is 3.73.